The molecule has 6 nitrogen and oxygen atoms in total. The average molecular weight is 345 g/mol. The number of carbonyl (C=O) groups is 3. The van der Waals surface area contributed by atoms with Crippen LogP contribution in [-0.2, 0) is 14.4 Å². The number of nitrogens with two attached hydrogens (primary N) is 1. The molecule has 136 valence electrons. The second kappa shape index (κ2) is 7.90. The summed E-state index contributed by atoms with van der Waals surface area (Å²) in [6.07, 6.45) is 7.25. The van der Waals surface area contributed by atoms with Gasteiger partial charge in [0.15, 0.2) is 0 Å². The largest absolute Gasteiger partial charge is 0.361 e. The summed E-state index contributed by atoms with van der Waals surface area (Å²) in [6.45, 7) is 2.80. The molecule has 1 unspecified atom stereocenters. The molecule has 3 rings (SSSR count). The predicted octanol–water partition coefficient (Wildman–Crippen LogP) is 0.752. The van der Waals surface area contributed by atoms with E-state index < -0.39 is 11.8 Å². The van der Waals surface area contributed by atoms with Gasteiger partial charge in [-0.3, -0.25) is 14.4 Å². The highest BCUT2D eigenvalue weighted by atomic mass is 16.2. The molecule has 25 heavy (non-hydrogen) atoms. The van der Waals surface area contributed by atoms with E-state index in [0.717, 1.165) is 58.0 Å². The van der Waals surface area contributed by atoms with Gasteiger partial charge in [0, 0.05) is 32.1 Å². The van der Waals surface area contributed by atoms with Crippen LogP contribution in [0.15, 0.2) is 0 Å². The van der Waals surface area contributed by atoms with Gasteiger partial charge in [-0.2, -0.15) is 0 Å². The van der Waals surface area contributed by atoms with Crippen LogP contribution in [0.4, 0.5) is 0 Å². The smallest absolute Gasteiger partial charge is 0.311 e. The number of amides is 3. The molecular formula is C19H27N3O3. The standard InChI is InChI=1S/C19H27N3O3/c20-18(24)19(25)22-12-8-16(9-13-22)15-2-1-10-21(11-7-15)17(23)6-5-14-3-4-14/h14-16H,1-4,7-13H2,(H2,20,24). The Labute approximate surface area is 149 Å². The highest BCUT2D eigenvalue weighted by Crippen LogP contribution is 2.32. The van der Waals surface area contributed by atoms with Crippen LogP contribution in [0.5, 0.6) is 0 Å². The van der Waals surface area contributed by atoms with Crippen molar-refractivity contribution in [2.75, 3.05) is 26.2 Å². The van der Waals surface area contributed by atoms with Crippen LogP contribution in [0.1, 0.15) is 44.9 Å². The summed E-state index contributed by atoms with van der Waals surface area (Å²) >= 11 is 0. The lowest BCUT2D eigenvalue weighted by molar-refractivity contribution is -0.145. The van der Waals surface area contributed by atoms with Crippen LogP contribution >= 0.6 is 0 Å². The van der Waals surface area contributed by atoms with E-state index in [9.17, 15) is 14.4 Å². The number of hydrogen-bond donors (Lipinski definition) is 1. The molecular weight excluding hydrogens is 318 g/mol. The molecule has 0 aromatic carbocycles. The zero-order valence-electron chi connectivity index (χ0n) is 14.7. The molecule has 0 aromatic heterocycles. The lowest BCUT2D eigenvalue weighted by atomic mass is 9.80. The van der Waals surface area contributed by atoms with E-state index in [-0.39, 0.29) is 5.91 Å². The van der Waals surface area contributed by atoms with Gasteiger partial charge in [-0.15, -0.1) is 0 Å². The molecule has 1 atom stereocenters. The summed E-state index contributed by atoms with van der Waals surface area (Å²) in [5.41, 5.74) is 5.08. The molecule has 3 amide bonds. The van der Waals surface area contributed by atoms with Gasteiger partial charge in [0.05, 0.1) is 0 Å². The topological polar surface area (TPSA) is 83.7 Å². The summed E-state index contributed by atoms with van der Waals surface area (Å²) < 4.78 is 0. The molecule has 0 bridgehead atoms. The third-order valence-electron chi connectivity index (χ3n) is 5.72. The van der Waals surface area contributed by atoms with E-state index >= 15 is 0 Å². The Morgan fingerprint density at radius 2 is 1.40 bits per heavy atom. The van der Waals surface area contributed by atoms with Crippen LogP contribution in [0, 0.1) is 29.6 Å². The fraction of sp³-hybridized carbons (Fsp3) is 0.737. The number of primary amides is 1. The fourth-order valence-electron chi connectivity index (χ4n) is 4.00. The van der Waals surface area contributed by atoms with E-state index in [1.54, 1.807) is 4.90 Å². The molecule has 1 saturated carbocycles. The molecule has 3 aliphatic rings. The zero-order chi connectivity index (χ0) is 17.8. The van der Waals surface area contributed by atoms with Crippen molar-refractivity contribution in [3.8, 4) is 11.8 Å². The minimum atomic E-state index is -0.866. The van der Waals surface area contributed by atoms with Crippen molar-refractivity contribution in [1.82, 2.24) is 9.80 Å². The van der Waals surface area contributed by atoms with Crippen molar-refractivity contribution in [1.29, 1.82) is 0 Å². The quantitative estimate of drug-likeness (QED) is 0.562. The molecule has 6 heteroatoms. The fourth-order valence-corrected chi connectivity index (χ4v) is 4.00. The van der Waals surface area contributed by atoms with Gasteiger partial charge in [0.2, 0.25) is 0 Å². The molecule has 2 saturated heterocycles. The first kappa shape index (κ1) is 17.8. The summed E-state index contributed by atoms with van der Waals surface area (Å²) in [5, 5.41) is 0. The highest BCUT2D eigenvalue weighted by Gasteiger charge is 2.31. The molecule has 0 spiro atoms. The van der Waals surface area contributed by atoms with Crippen molar-refractivity contribution in [2.45, 2.75) is 44.9 Å². The molecule has 3 fully saturated rings. The van der Waals surface area contributed by atoms with E-state index in [1.807, 2.05) is 4.90 Å². The lowest BCUT2D eigenvalue weighted by Gasteiger charge is -2.35. The summed E-state index contributed by atoms with van der Waals surface area (Å²) in [6, 6.07) is 0. The minimum absolute atomic E-state index is 0.0191. The molecule has 0 aromatic rings. The van der Waals surface area contributed by atoms with E-state index in [0.29, 0.717) is 30.8 Å². The van der Waals surface area contributed by atoms with Crippen molar-refractivity contribution in [2.24, 2.45) is 23.5 Å². The van der Waals surface area contributed by atoms with Gasteiger partial charge in [-0.05, 0) is 62.7 Å². The number of piperidine rings is 1. The summed E-state index contributed by atoms with van der Waals surface area (Å²) in [4.78, 5) is 38.4. The number of hydrogen-bond acceptors (Lipinski definition) is 3. The van der Waals surface area contributed by atoms with Crippen LogP contribution < -0.4 is 5.73 Å². The SMILES string of the molecule is NC(=O)C(=O)N1CCC(C2CCCN(C(=O)C#CC3CC3)CC2)CC1. The molecule has 1 aliphatic carbocycles. The molecule has 0 radical (unpaired) electrons. The van der Waals surface area contributed by atoms with Gasteiger partial charge in [0.1, 0.15) is 0 Å². The maximum Gasteiger partial charge on any atom is 0.311 e. The molecule has 2 heterocycles. The molecule has 2 aliphatic heterocycles. The summed E-state index contributed by atoms with van der Waals surface area (Å²) in [7, 11) is 0. The highest BCUT2D eigenvalue weighted by molar-refractivity contribution is 6.34. The van der Waals surface area contributed by atoms with Crippen LogP contribution in [0.25, 0.3) is 0 Å². The van der Waals surface area contributed by atoms with Gasteiger partial charge < -0.3 is 15.5 Å². The first-order valence-electron chi connectivity index (χ1n) is 9.43. The Kier molecular flexibility index (Phi) is 5.62. The van der Waals surface area contributed by atoms with Crippen LogP contribution in [0.3, 0.4) is 0 Å². The third kappa shape index (κ3) is 4.75. The van der Waals surface area contributed by atoms with Crippen molar-refractivity contribution < 1.29 is 14.4 Å². The number of rotatable bonds is 1. The van der Waals surface area contributed by atoms with Gasteiger partial charge >= 0.3 is 11.8 Å². The van der Waals surface area contributed by atoms with Crippen molar-refractivity contribution >= 4 is 17.7 Å². The average Bonchev–Trinajstić information content (AvgIpc) is 3.45. The van der Waals surface area contributed by atoms with E-state index in [4.69, 9.17) is 5.73 Å². The Morgan fingerprint density at radius 3 is 2.00 bits per heavy atom. The maximum absolute atomic E-state index is 12.2. The Balaban J connectivity index is 1.47. The Morgan fingerprint density at radius 1 is 0.800 bits per heavy atom. The first-order chi connectivity index (χ1) is 12.0. The zero-order valence-corrected chi connectivity index (χ0v) is 14.7. The van der Waals surface area contributed by atoms with E-state index in [2.05, 4.69) is 11.8 Å². The van der Waals surface area contributed by atoms with Gasteiger partial charge in [0.25, 0.3) is 5.91 Å². The monoisotopic (exact) mass is 345 g/mol. The Bertz CT molecular complexity index is 595. The normalized spacial score (nSPS) is 24.9. The summed E-state index contributed by atoms with van der Waals surface area (Å²) in [5.74, 6) is 6.02. The van der Waals surface area contributed by atoms with Gasteiger partial charge in [-0.1, -0.05) is 5.92 Å². The number of likely N-dealkylation sites (tertiary alicyclic amines) is 2. The Hall–Kier alpha value is -2.03. The van der Waals surface area contributed by atoms with Gasteiger partial charge in [-0.25, -0.2) is 0 Å². The van der Waals surface area contributed by atoms with Crippen LogP contribution in [0.2, 0.25) is 0 Å². The van der Waals surface area contributed by atoms with Crippen molar-refractivity contribution in [3.05, 3.63) is 0 Å². The first-order valence-corrected chi connectivity index (χ1v) is 9.43. The predicted molar refractivity (Wildman–Crippen MR) is 92.9 cm³/mol. The third-order valence-corrected chi connectivity index (χ3v) is 5.72. The molecule has 2 N–H and O–H groups in total. The number of nitrogens with zero attached hydrogens (tertiary/aromatic N) is 2. The minimum Gasteiger partial charge on any atom is -0.361 e. The second-order valence-electron chi connectivity index (χ2n) is 7.52. The number of carbonyl (C=O) groups excluding carboxylic acids is 3. The lowest BCUT2D eigenvalue weighted by Crippen LogP contribution is -2.45. The maximum atomic E-state index is 12.2. The second-order valence-corrected chi connectivity index (χ2v) is 7.52. The van der Waals surface area contributed by atoms with Crippen molar-refractivity contribution in [3.63, 3.8) is 0 Å². The van der Waals surface area contributed by atoms with Crippen LogP contribution in [-0.4, -0.2) is 53.7 Å². The van der Waals surface area contributed by atoms with E-state index in [1.165, 1.54) is 0 Å².